The second-order valence-corrected chi connectivity index (χ2v) is 9.83. The number of hydrogen-bond acceptors (Lipinski definition) is 5. The van der Waals surface area contributed by atoms with Crippen LogP contribution in [-0.4, -0.2) is 26.4 Å². The molecule has 1 aliphatic carbocycles. The zero-order valence-corrected chi connectivity index (χ0v) is 18.9. The molecule has 5 nitrogen and oxygen atoms in total. The molecule has 0 bridgehead atoms. The summed E-state index contributed by atoms with van der Waals surface area (Å²) in [6.45, 7) is 2.63. The van der Waals surface area contributed by atoms with E-state index in [2.05, 4.69) is 40.1 Å². The number of nitrogens with zero attached hydrogens (tertiary/aromatic N) is 4. The molecule has 0 spiro atoms. The van der Waals surface area contributed by atoms with Crippen molar-refractivity contribution in [1.82, 2.24) is 14.8 Å². The first-order chi connectivity index (χ1) is 14.7. The van der Waals surface area contributed by atoms with Gasteiger partial charge in [0.25, 0.3) is 5.91 Å². The zero-order chi connectivity index (χ0) is 20.7. The van der Waals surface area contributed by atoms with Gasteiger partial charge in [0.2, 0.25) is 0 Å². The number of halogens is 1. The summed E-state index contributed by atoms with van der Waals surface area (Å²) in [4.78, 5) is 15.9. The van der Waals surface area contributed by atoms with Gasteiger partial charge in [-0.2, -0.15) is 10.2 Å². The maximum atomic E-state index is 13.5. The van der Waals surface area contributed by atoms with Crippen LogP contribution in [0.3, 0.4) is 0 Å². The van der Waals surface area contributed by atoms with Crippen molar-refractivity contribution >= 4 is 52.0 Å². The van der Waals surface area contributed by atoms with E-state index in [4.69, 9.17) is 16.7 Å². The molecule has 1 aliphatic heterocycles. The molecule has 5 rings (SSSR count). The van der Waals surface area contributed by atoms with Crippen LogP contribution in [-0.2, 0) is 6.54 Å². The largest absolute Gasteiger partial charge is 0.296 e. The van der Waals surface area contributed by atoms with Crippen LogP contribution in [0.25, 0.3) is 6.08 Å². The van der Waals surface area contributed by atoms with Gasteiger partial charge in [-0.1, -0.05) is 23.7 Å². The summed E-state index contributed by atoms with van der Waals surface area (Å²) >= 11 is 9.75. The monoisotopic (exact) mass is 456 g/mol. The Labute approximate surface area is 188 Å². The van der Waals surface area contributed by atoms with Crippen molar-refractivity contribution in [3.05, 3.63) is 67.3 Å². The van der Waals surface area contributed by atoms with Gasteiger partial charge in [0.05, 0.1) is 16.8 Å². The van der Waals surface area contributed by atoms with Crippen molar-refractivity contribution in [3.63, 3.8) is 0 Å². The second kappa shape index (κ2) is 8.13. The Bertz CT molecular complexity index is 1110. The maximum Gasteiger partial charge on any atom is 0.296 e. The molecule has 3 aromatic heterocycles. The molecular formula is C22H21ClN4OS2. The third-order valence-corrected chi connectivity index (χ3v) is 7.69. The van der Waals surface area contributed by atoms with Gasteiger partial charge in [0.1, 0.15) is 0 Å². The Morgan fingerprint density at radius 2 is 2.13 bits per heavy atom. The number of allylic oxidation sites excluding steroid dienone is 1. The molecule has 0 aromatic carbocycles. The lowest BCUT2D eigenvalue weighted by Crippen LogP contribution is -2.31. The molecule has 2 aliphatic rings. The lowest BCUT2D eigenvalue weighted by molar-refractivity contribution is 0.0677. The van der Waals surface area contributed by atoms with Gasteiger partial charge < -0.3 is 0 Å². The van der Waals surface area contributed by atoms with Gasteiger partial charge in [-0.25, -0.2) is 5.01 Å². The van der Waals surface area contributed by atoms with Gasteiger partial charge in [-0.15, -0.1) is 22.7 Å². The minimum absolute atomic E-state index is 0.109. The van der Waals surface area contributed by atoms with Crippen LogP contribution in [0.15, 0.2) is 51.9 Å². The summed E-state index contributed by atoms with van der Waals surface area (Å²) in [6, 6.07) is 8.20. The number of fused-ring (bicyclic) bond motifs is 1. The highest BCUT2D eigenvalue weighted by atomic mass is 35.5. The van der Waals surface area contributed by atoms with E-state index in [1.54, 1.807) is 38.6 Å². The average Bonchev–Trinajstić information content (AvgIpc) is 3.53. The van der Waals surface area contributed by atoms with E-state index < -0.39 is 0 Å². The number of hydrazone groups is 1. The molecule has 154 valence electrons. The van der Waals surface area contributed by atoms with Crippen molar-refractivity contribution in [2.24, 2.45) is 11.0 Å². The van der Waals surface area contributed by atoms with Crippen LogP contribution in [0.1, 0.15) is 52.5 Å². The number of hydrogen-bond donors (Lipinski definition) is 0. The minimum atomic E-state index is -0.233. The third kappa shape index (κ3) is 3.45. The quantitative estimate of drug-likeness (QED) is 0.475. The standard InChI is InChI=1S/C22H21ClN4OS2/c1-2-26-13-17(23)20(24-26)22(28)27-21(18-9-5-11-30-18)16-8-3-6-14(19(16)25-27)12-15-7-4-10-29-15/h4-5,7,9-13,16,21H,2-3,6,8H2,1H3/b14-12+. The van der Waals surface area contributed by atoms with E-state index in [-0.39, 0.29) is 23.6 Å². The molecule has 1 saturated carbocycles. The van der Waals surface area contributed by atoms with Gasteiger partial charge in [0.15, 0.2) is 5.69 Å². The first kappa shape index (κ1) is 19.7. The van der Waals surface area contributed by atoms with Crippen molar-refractivity contribution in [1.29, 1.82) is 0 Å². The Morgan fingerprint density at radius 3 is 2.83 bits per heavy atom. The fourth-order valence-electron chi connectivity index (χ4n) is 4.26. The number of amides is 1. The van der Waals surface area contributed by atoms with Crippen LogP contribution >= 0.6 is 34.3 Å². The van der Waals surface area contributed by atoms with Crippen molar-refractivity contribution in [2.45, 2.75) is 38.8 Å². The van der Waals surface area contributed by atoms with Crippen LogP contribution < -0.4 is 0 Å². The molecule has 1 fully saturated rings. The number of carbonyl (C=O) groups is 1. The Morgan fingerprint density at radius 1 is 1.30 bits per heavy atom. The van der Waals surface area contributed by atoms with Crippen molar-refractivity contribution < 1.29 is 4.79 Å². The number of aryl methyl sites for hydroxylation is 1. The van der Waals surface area contributed by atoms with E-state index in [1.165, 1.54) is 10.5 Å². The van der Waals surface area contributed by atoms with E-state index >= 15 is 0 Å². The summed E-state index contributed by atoms with van der Waals surface area (Å²) < 4.78 is 1.69. The van der Waals surface area contributed by atoms with Crippen molar-refractivity contribution in [3.8, 4) is 0 Å². The summed E-state index contributed by atoms with van der Waals surface area (Å²) in [6.07, 6.45) is 7.03. The summed E-state index contributed by atoms with van der Waals surface area (Å²) in [5.41, 5.74) is 2.54. The fraction of sp³-hybridized carbons (Fsp3) is 0.318. The Kier molecular flexibility index (Phi) is 5.35. The first-order valence-electron chi connectivity index (χ1n) is 10.1. The predicted molar refractivity (Wildman–Crippen MR) is 123 cm³/mol. The molecular weight excluding hydrogens is 436 g/mol. The minimum Gasteiger partial charge on any atom is -0.271 e. The highest BCUT2D eigenvalue weighted by Gasteiger charge is 2.45. The van der Waals surface area contributed by atoms with E-state index in [0.29, 0.717) is 11.6 Å². The lowest BCUT2D eigenvalue weighted by atomic mass is 9.79. The van der Waals surface area contributed by atoms with Crippen LogP contribution in [0.5, 0.6) is 0 Å². The van der Waals surface area contributed by atoms with Crippen molar-refractivity contribution in [2.75, 3.05) is 0 Å². The Balaban J connectivity index is 1.57. The molecule has 0 radical (unpaired) electrons. The number of aromatic nitrogens is 2. The van der Waals surface area contributed by atoms with Crippen LogP contribution in [0.4, 0.5) is 0 Å². The SMILES string of the molecule is CCn1cc(Cl)c(C(=O)N2N=C3/C(=C/c4cccs4)CCCC3C2c2cccs2)n1. The fourth-order valence-corrected chi connectivity index (χ4v) is 6.05. The molecule has 30 heavy (non-hydrogen) atoms. The number of carbonyl (C=O) groups excluding carboxylic acids is 1. The molecule has 2 unspecified atom stereocenters. The second-order valence-electron chi connectivity index (χ2n) is 7.46. The molecule has 0 saturated heterocycles. The molecule has 4 heterocycles. The lowest BCUT2D eigenvalue weighted by Gasteiger charge is -2.28. The molecule has 0 N–H and O–H groups in total. The third-order valence-electron chi connectivity index (χ3n) is 5.65. The highest BCUT2D eigenvalue weighted by molar-refractivity contribution is 7.11. The first-order valence-corrected chi connectivity index (χ1v) is 12.2. The van der Waals surface area contributed by atoms with Gasteiger partial charge >= 0.3 is 0 Å². The highest BCUT2D eigenvalue weighted by Crippen LogP contribution is 2.46. The predicted octanol–water partition coefficient (Wildman–Crippen LogP) is 6.12. The zero-order valence-electron chi connectivity index (χ0n) is 16.5. The maximum absolute atomic E-state index is 13.5. The molecule has 2 atom stereocenters. The number of rotatable bonds is 4. The molecule has 3 aromatic rings. The van der Waals surface area contributed by atoms with Gasteiger partial charge in [0, 0.05) is 28.4 Å². The topological polar surface area (TPSA) is 50.5 Å². The normalized spacial score (nSPS) is 22.4. The molecule has 1 amide bonds. The van der Waals surface area contributed by atoms with Crippen LogP contribution in [0.2, 0.25) is 5.02 Å². The smallest absolute Gasteiger partial charge is 0.271 e. The van der Waals surface area contributed by atoms with E-state index in [9.17, 15) is 4.79 Å². The van der Waals surface area contributed by atoms with Gasteiger partial charge in [-0.3, -0.25) is 9.48 Å². The summed E-state index contributed by atoms with van der Waals surface area (Å²) in [5, 5.41) is 15.4. The molecule has 8 heteroatoms. The summed E-state index contributed by atoms with van der Waals surface area (Å²) in [7, 11) is 0. The Hall–Kier alpha value is -2.22. The van der Waals surface area contributed by atoms with E-state index in [0.717, 1.165) is 29.9 Å². The summed E-state index contributed by atoms with van der Waals surface area (Å²) in [5.74, 6) is -0.0393. The van der Waals surface area contributed by atoms with Gasteiger partial charge in [-0.05, 0) is 60.7 Å². The van der Waals surface area contributed by atoms with Crippen LogP contribution in [0, 0.1) is 5.92 Å². The number of thiophene rings is 2. The van der Waals surface area contributed by atoms with E-state index in [1.807, 2.05) is 13.0 Å². The average molecular weight is 457 g/mol.